The van der Waals surface area contributed by atoms with Crippen molar-refractivity contribution in [2.75, 3.05) is 13.2 Å². The molecule has 1 heterocycles. The number of aliphatic hydroxyl groups excluding tert-OH is 1. The van der Waals surface area contributed by atoms with Gasteiger partial charge in [0, 0.05) is 18.1 Å². The lowest BCUT2D eigenvalue weighted by molar-refractivity contribution is 0.155. The Morgan fingerprint density at radius 1 is 1.53 bits per heavy atom. The van der Waals surface area contributed by atoms with Crippen molar-refractivity contribution >= 4 is 5.71 Å². The molecule has 1 aliphatic heterocycles. The van der Waals surface area contributed by atoms with Crippen molar-refractivity contribution in [3.8, 4) is 11.5 Å². The maximum atomic E-state index is 9.10. The van der Waals surface area contributed by atoms with E-state index in [1.165, 1.54) is 0 Å². The van der Waals surface area contributed by atoms with Gasteiger partial charge in [-0.05, 0) is 19.1 Å². The summed E-state index contributed by atoms with van der Waals surface area (Å²) in [7, 11) is 0. The molecule has 2 rings (SSSR count). The first-order valence-corrected chi connectivity index (χ1v) is 5.49. The van der Waals surface area contributed by atoms with Crippen LogP contribution in [-0.2, 0) is 0 Å². The van der Waals surface area contributed by atoms with E-state index in [1.54, 1.807) is 25.1 Å². The second kappa shape index (κ2) is 5.05. The zero-order chi connectivity index (χ0) is 12.3. The van der Waals surface area contributed by atoms with Crippen molar-refractivity contribution < 1.29 is 19.8 Å². The van der Waals surface area contributed by atoms with Crippen LogP contribution in [0.3, 0.4) is 0 Å². The van der Waals surface area contributed by atoms with Crippen LogP contribution in [0.2, 0.25) is 0 Å². The smallest absolute Gasteiger partial charge is 0.134 e. The Morgan fingerprint density at radius 2 is 2.35 bits per heavy atom. The standard InChI is InChI=1S/C12H15NO4/c1-8(14)4-5-16-9-2-3-10-11(13-15)7-17-12(10)6-9/h2-3,6,8,14-15H,4-5,7H2,1H3/b13-11+. The predicted molar refractivity (Wildman–Crippen MR) is 62.1 cm³/mol. The van der Waals surface area contributed by atoms with E-state index in [4.69, 9.17) is 19.8 Å². The van der Waals surface area contributed by atoms with E-state index in [0.29, 0.717) is 30.2 Å². The number of benzene rings is 1. The Balaban J connectivity index is 2.03. The normalized spacial score (nSPS) is 17.6. The van der Waals surface area contributed by atoms with Crippen LogP contribution in [0.1, 0.15) is 18.9 Å². The molecule has 0 saturated heterocycles. The van der Waals surface area contributed by atoms with Crippen LogP contribution in [0, 0.1) is 0 Å². The molecule has 0 spiro atoms. The first kappa shape index (κ1) is 11.7. The summed E-state index contributed by atoms with van der Waals surface area (Å²) in [6, 6.07) is 5.35. The molecule has 1 aromatic carbocycles. The van der Waals surface area contributed by atoms with Crippen LogP contribution in [-0.4, -0.2) is 35.3 Å². The Morgan fingerprint density at radius 3 is 3.06 bits per heavy atom. The first-order valence-electron chi connectivity index (χ1n) is 5.49. The van der Waals surface area contributed by atoms with Crippen LogP contribution in [0.25, 0.3) is 0 Å². The topological polar surface area (TPSA) is 71.3 Å². The molecule has 1 aliphatic rings. The van der Waals surface area contributed by atoms with E-state index in [1.807, 2.05) is 0 Å². The molecule has 92 valence electrons. The summed E-state index contributed by atoms with van der Waals surface area (Å²) in [5, 5.41) is 21.0. The van der Waals surface area contributed by atoms with Crippen molar-refractivity contribution in [3.05, 3.63) is 23.8 Å². The van der Waals surface area contributed by atoms with Crippen LogP contribution in [0.4, 0.5) is 0 Å². The number of aliphatic hydroxyl groups is 1. The minimum Gasteiger partial charge on any atom is -0.493 e. The van der Waals surface area contributed by atoms with Crippen LogP contribution < -0.4 is 9.47 Å². The van der Waals surface area contributed by atoms with Crippen LogP contribution in [0.15, 0.2) is 23.4 Å². The van der Waals surface area contributed by atoms with Crippen LogP contribution >= 0.6 is 0 Å². The fourth-order valence-electron chi connectivity index (χ4n) is 1.60. The van der Waals surface area contributed by atoms with Crippen molar-refractivity contribution in [3.63, 3.8) is 0 Å². The van der Waals surface area contributed by atoms with Gasteiger partial charge >= 0.3 is 0 Å². The lowest BCUT2D eigenvalue weighted by Crippen LogP contribution is -2.07. The number of oxime groups is 1. The SMILES string of the molecule is CC(O)CCOc1ccc2c(c1)OC/C2=N\O. The number of hydrogen-bond donors (Lipinski definition) is 2. The predicted octanol–water partition coefficient (Wildman–Crippen LogP) is 1.41. The molecular weight excluding hydrogens is 222 g/mol. The van der Waals surface area contributed by atoms with Gasteiger partial charge in [-0.15, -0.1) is 0 Å². The Bertz CT molecular complexity index is 429. The minimum atomic E-state index is -0.367. The summed E-state index contributed by atoms with van der Waals surface area (Å²) < 4.78 is 10.8. The summed E-state index contributed by atoms with van der Waals surface area (Å²) in [4.78, 5) is 0. The zero-order valence-electron chi connectivity index (χ0n) is 9.59. The quantitative estimate of drug-likeness (QED) is 0.613. The van der Waals surface area contributed by atoms with Gasteiger partial charge in [-0.2, -0.15) is 0 Å². The molecule has 1 unspecified atom stereocenters. The van der Waals surface area contributed by atoms with E-state index in [-0.39, 0.29) is 12.7 Å². The van der Waals surface area contributed by atoms with E-state index < -0.39 is 0 Å². The highest BCUT2D eigenvalue weighted by Crippen LogP contribution is 2.29. The summed E-state index contributed by atoms with van der Waals surface area (Å²) in [5.74, 6) is 1.34. The van der Waals surface area contributed by atoms with E-state index in [9.17, 15) is 0 Å². The van der Waals surface area contributed by atoms with Crippen LogP contribution in [0.5, 0.6) is 11.5 Å². The Labute approximate surface area is 99.3 Å². The molecule has 0 bridgehead atoms. The fraction of sp³-hybridized carbons (Fsp3) is 0.417. The molecule has 0 amide bonds. The zero-order valence-corrected chi connectivity index (χ0v) is 9.59. The maximum absolute atomic E-state index is 9.10. The molecule has 0 radical (unpaired) electrons. The summed E-state index contributed by atoms with van der Waals surface area (Å²) in [5.41, 5.74) is 1.31. The van der Waals surface area contributed by atoms with E-state index in [0.717, 1.165) is 5.56 Å². The van der Waals surface area contributed by atoms with Crippen molar-refractivity contribution in [2.24, 2.45) is 5.16 Å². The number of ether oxygens (including phenoxy) is 2. The largest absolute Gasteiger partial charge is 0.493 e. The van der Waals surface area contributed by atoms with Gasteiger partial charge in [-0.1, -0.05) is 5.16 Å². The highest BCUT2D eigenvalue weighted by Gasteiger charge is 2.20. The van der Waals surface area contributed by atoms with Gasteiger partial charge in [-0.25, -0.2) is 0 Å². The van der Waals surface area contributed by atoms with Gasteiger partial charge in [0.25, 0.3) is 0 Å². The van der Waals surface area contributed by atoms with Gasteiger partial charge in [0.15, 0.2) is 0 Å². The molecule has 2 N–H and O–H groups in total. The fourth-order valence-corrected chi connectivity index (χ4v) is 1.60. The lowest BCUT2D eigenvalue weighted by Gasteiger charge is -2.08. The lowest BCUT2D eigenvalue weighted by atomic mass is 10.1. The summed E-state index contributed by atoms with van der Waals surface area (Å²) in [6.45, 7) is 2.46. The number of rotatable bonds is 4. The molecule has 1 aromatic rings. The molecule has 0 saturated carbocycles. The monoisotopic (exact) mass is 237 g/mol. The maximum Gasteiger partial charge on any atom is 0.134 e. The van der Waals surface area contributed by atoms with Gasteiger partial charge in [0.1, 0.15) is 23.8 Å². The molecule has 0 aromatic heterocycles. The number of nitrogens with zero attached hydrogens (tertiary/aromatic N) is 1. The number of hydrogen-bond acceptors (Lipinski definition) is 5. The highest BCUT2D eigenvalue weighted by atomic mass is 16.5. The van der Waals surface area contributed by atoms with Crippen molar-refractivity contribution in [1.82, 2.24) is 0 Å². The third-order valence-electron chi connectivity index (χ3n) is 2.55. The molecule has 0 fully saturated rings. The molecule has 17 heavy (non-hydrogen) atoms. The minimum absolute atomic E-state index is 0.281. The van der Waals surface area contributed by atoms with Gasteiger partial charge in [-0.3, -0.25) is 0 Å². The molecule has 5 nitrogen and oxygen atoms in total. The second-order valence-electron chi connectivity index (χ2n) is 3.98. The average Bonchev–Trinajstić information content (AvgIpc) is 2.70. The summed E-state index contributed by atoms with van der Waals surface area (Å²) in [6.07, 6.45) is 0.218. The van der Waals surface area contributed by atoms with Gasteiger partial charge in [0.05, 0.1) is 12.7 Å². The van der Waals surface area contributed by atoms with E-state index >= 15 is 0 Å². The molecular formula is C12H15NO4. The van der Waals surface area contributed by atoms with Crippen molar-refractivity contribution in [1.29, 1.82) is 0 Å². The molecule has 5 heteroatoms. The highest BCUT2D eigenvalue weighted by molar-refractivity contribution is 6.05. The van der Waals surface area contributed by atoms with Crippen molar-refractivity contribution in [2.45, 2.75) is 19.4 Å². The van der Waals surface area contributed by atoms with Gasteiger partial charge in [0.2, 0.25) is 0 Å². The third-order valence-corrected chi connectivity index (χ3v) is 2.55. The Kier molecular flexibility index (Phi) is 3.49. The average molecular weight is 237 g/mol. The van der Waals surface area contributed by atoms with Gasteiger partial charge < -0.3 is 19.8 Å². The van der Waals surface area contributed by atoms with E-state index in [2.05, 4.69) is 5.16 Å². The number of fused-ring (bicyclic) bond motifs is 1. The third kappa shape index (κ3) is 2.68. The molecule has 1 atom stereocenters. The first-order chi connectivity index (χ1) is 8.20. The summed E-state index contributed by atoms with van der Waals surface area (Å²) >= 11 is 0. The molecule has 0 aliphatic carbocycles. The Hall–Kier alpha value is -1.75. The second-order valence-corrected chi connectivity index (χ2v) is 3.98.